The molecule has 0 aliphatic rings. The lowest BCUT2D eigenvalue weighted by Gasteiger charge is -2.16. The number of ether oxygens (including phenoxy) is 1. The van der Waals surface area contributed by atoms with Crippen molar-refractivity contribution in [1.29, 1.82) is 0 Å². The van der Waals surface area contributed by atoms with E-state index in [1.165, 1.54) is 0 Å². The summed E-state index contributed by atoms with van der Waals surface area (Å²) in [6, 6.07) is 9.64. The quantitative estimate of drug-likeness (QED) is 0.823. The first-order valence-corrected chi connectivity index (χ1v) is 7.54. The van der Waals surface area contributed by atoms with Crippen LogP contribution in [0.2, 0.25) is 0 Å². The highest BCUT2D eigenvalue weighted by atomic mass is 32.1. The number of nitrogens with zero attached hydrogens (tertiary/aromatic N) is 1. The molecule has 1 aromatic heterocycles. The van der Waals surface area contributed by atoms with E-state index in [4.69, 9.17) is 4.74 Å². The largest absolute Gasteiger partial charge is 0.491 e. The summed E-state index contributed by atoms with van der Waals surface area (Å²) in [6.07, 6.45) is -0.543. The Hall–Kier alpha value is -1.43. The number of para-hydroxylation sites is 1. The molecule has 0 amide bonds. The highest BCUT2D eigenvalue weighted by Gasteiger charge is 2.11. The Morgan fingerprint density at radius 3 is 2.75 bits per heavy atom. The van der Waals surface area contributed by atoms with Crippen molar-refractivity contribution in [3.63, 3.8) is 0 Å². The van der Waals surface area contributed by atoms with E-state index >= 15 is 0 Å². The van der Waals surface area contributed by atoms with Crippen LogP contribution in [-0.2, 0) is 0 Å². The molecule has 1 aromatic carbocycles. The van der Waals surface area contributed by atoms with Gasteiger partial charge < -0.3 is 15.2 Å². The molecule has 4 nitrogen and oxygen atoms in total. The number of thiazole rings is 1. The normalized spacial score (nSPS) is 13.9. The van der Waals surface area contributed by atoms with Crippen LogP contribution >= 0.6 is 11.3 Å². The third kappa shape index (κ3) is 4.59. The van der Waals surface area contributed by atoms with Crippen LogP contribution in [0.15, 0.2) is 35.7 Å². The molecular weight excluding hydrogens is 272 g/mol. The number of aryl methyl sites for hydroxylation is 1. The Kier molecular flexibility index (Phi) is 5.52. The fraction of sp³-hybridized carbons (Fsp3) is 0.400. The van der Waals surface area contributed by atoms with Crippen LogP contribution in [0.4, 0.5) is 0 Å². The molecule has 2 rings (SSSR count). The molecule has 0 saturated carbocycles. The smallest absolute Gasteiger partial charge is 0.119 e. The van der Waals surface area contributed by atoms with Gasteiger partial charge in [0.05, 0.1) is 6.04 Å². The van der Waals surface area contributed by atoms with E-state index in [0.717, 1.165) is 16.5 Å². The minimum atomic E-state index is -0.543. The summed E-state index contributed by atoms with van der Waals surface area (Å²) in [5.74, 6) is 0.773. The van der Waals surface area contributed by atoms with Crippen LogP contribution in [0.5, 0.6) is 5.75 Å². The number of benzene rings is 1. The van der Waals surface area contributed by atoms with Crippen molar-refractivity contribution in [2.45, 2.75) is 26.0 Å². The summed E-state index contributed by atoms with van der Waals surface area (Å²) in [5, 5.41) is 16.2. The van der Waals surface area contributed by atoms with E-state index in [-0.39, 0.29) is 12.6 Å². The third-order valence-electron chi connectivity index (χ3n) is 2.85. The van der Waals surface area contributed by atoms with Gasteiger partial charge in [0.25, 0.3) is 0 Å². The first-order valence-electron chi connectivity index (χ1n) is 6.66. The van der Waals surface area contributed by atoms with Crippen molar-refractivity contribution < 1.29 is 9.84 Å². The lowest BCUT2D eigenvalue weighted by Crippen LogP contribution is -2.33. The monoisotopic (exact) mass is 292 g/mol. The summed E-state index contributed by atoms with van der Waals surface area (Å²) in [5.41, 5.74) is 1.03. The van der Waals surface area contributed by atoms with Gasteiger partial charge in [0.2, 0.25) is 0 Å². The standard InChI is InChI=1S/C15H20N2O2S/c1-11-10-20-15(17-11)12(2)16-8-13(18)9-19-14-6-4-3-5-7-14/h3-7,10,12-13,16,18H,8-9H2,1-2H3. The molecule has 0 bridgehead atoms. The van der Waals surface area contributed by atoms with Crippen LogP contribution in [0.1, 0.15) is 23.7 Å². The number of rotatable bonds is 7. The molecule has 0 spiro atoms. The van der Waals surface area contributed by atoms with Crippen molar-refractivity contribution >= 4 is 11.3 Å². The van der Waals surface area contributed by atoms with Gasteiger partial charge in [0, 0.05) is 17.6 Å². The molecule has 108 valence electrons. The van der Waals surface area contributed by atoms with Gasteiger partial charge in [-0.1, -0.05) is 18.2 Å². The molecule has 1 heterocycles. The van der Waals surface area contributed by atoms with Gasteiger partial charge >= 0.3 is 0 Å². The fourth-order valence-corrected chi connectivity index (χ4v) is 2.57. The molecule has 0 fully saturated rings. The Morgan fingerprint density at radius 2 is 2.10 bits per heavy atom. The Balaban J connectivity index is 1.71. The van der Waals surface area contributed by atoms with E-state index in [2.05, 4.69) is 10.3 Å². The maximum atomic E-state index is 9.91. The summed E-state index contributed by atoms with van der Waals surface area (Å²) >= 11 is 1.63. The SMILES string of the molecule is Cc1csc(C(C)NCC(O)COc2ccccc2)n1. The number of hydrogen-bond acceptors (Lipinski definition) is 5. The van der Waals surface area contributed by atoms with Crippen molar-refractivity contribution in [1.82, 2.24) is 10.3 Å². The van der Waals surface area contributed by atoms with Gasteiger partial charge in [-0.2, -0.15) is 0 Å². The van der Waals surface area contributed by atoms with Gasteiger partial charge in [-0.3, -0.25) is 0 Å². The third-order valence-corrected chi connectivity index (χ3v) is 4.00. The topological polar surface area (TPSA) is 54.4 Å². The zero-order chi connectivity index (χ0) is 14.4. The summed E-state index contributed by atoms with van der Waals surface area (Å²) in [7, 11) is 0. The number of hydrogen-bond donors (Lipinski definition) is 2. The number of nitrogens with one attached hydrogen (secondary N) is 1. The van der Waals surface area contributed by atoms with E-state index in [1.54, 1.807) is 11.3 Å². The predicted molar refractivity (Wildman–Crippen MR) is 81.2 cm³/mol. The van der Waals surface area contributed by atoms with Crippen LogP contribution in [0.25, 0.3) is 0 Å². The lowest BCUT2D eigenvalue weighted by molar-refractivity contribution is 0.104. The first kappa shape index (κ1) is 15.0. The van der Waals surface area contributed by atoms with Gasteiger partial charge in [-0.25, -0.2) is 4.98 Å². The zero-order valence-electron chi connectivity index (χ0n) is 11.7. The first-order chi connectivity index (χ1) is 9.65. The van der Waals surface area contributed by atoms with E-state index in [1.807, 2.05) is 49.6 Å². The van der Waals surface area contributed by atoms with Crippen molar-refractivity contribution in [3.8, 4) is 5.75 Å². The lowest BCUT2D eigenvalue weighted by atomic mass is 10.3. The summed E-state index contributed by atoms with van der Waals surface area (Å²) in [6.45, 7) is 4.78. The van der Waals surface area contributed by atoms with Gasteiger partial charge in [-0.15, -0.1) is 11.3 Å². The minimum Gasteiger partial charge on any atom is -0.491 e. The maximum absolute atomic E-state index is 9.91. The van der Waals surface area contributed by atoms with Gasteiger partial charge in [-0.05, 0) is 26.0 Å². The van der Waals surface area contributed by atoms with Crippen LogP contribution < -0.4 is 10.1 Å². The molecule has 0 saturated heterocycles. The second kappa shape index (κ2) is 7.38. The molecule has 2 aromatic rings. The molecule has 0 radical (unpaired) electrons. The number of aliphatic hydroxyl groups excluding tert-OH is 1. The second-order valence-electron chi connectivity index (χ2n) is 4.73. The molecule has 0 aliphatic carbocycles. The van der Waals surface area contributed by atoms with Crippen molar-refractivity contribution in [3.05, 3.63) is 46.4 Å². The Bertz CT molecular complexity index is 516. The molecule has 2 unspecified atom stereocenters. The second-order valence-corrected chi connectivity index (χ2v) is 5.62. The van der Waals surface area contributed by atoms with Crippen LogP contribution in [0, 0.1) is 6.92 Å². The fourth-order valence-electron chi connectivity index (χ4n) is 1.74. The van der Waals surface area contributed by atoms with E-state index < -0.39 is 6.10 Å². The van der Waals surface area contributed by atoms with Crippen LogP contribution in [0.3, 0.4) is 0 Å². The van der Waals surface area contributed by atoms with Crippen molar-refractivity contribution in [2.75, 3.05) is 13.2 Å². The number of aliphatic hydroxyl groups is 1. The van der Waals surface area contributed by atoms with Gasteiger partial charge in [0.1, 0.15) is 23.5 Å². The highest BCUT2D eigenvalue weighted by molar-refractivity contribution is 7.09. The number of aromatic nitrogens is 1. The average Bonchev–Trinajstić information content (AvgIpc) is 2.90. The molecule has 0 aliphatic heterocycles. The molecular formula is C15H20N2O2S. The predicted octanol–water partition coefficient (Wildman–Crippen LogP) is 2.54. The minimum absolute atomic E-state index is 0.139. The molecule has 2 atom stereocenters. The van der Waals surface area contributed by atoms with Crippen LogP contribution in [-0.4, -0.2) is 29.3 Å². The zero-order valence-corrected chi connectivity index (χ0v) is 12.6. The molecule has 20 heavy (non-hydrogen) atoms. The van der Waals surface area contributed by atoms with Gasteiger partial charge in [0.15, 0.2) is 0 Å². The molecule has 5 heteroatoms. The highest BCUT2D eigenvalue weighted by Crippen LogP contribution is 2.17. The summed E-state index contributed by atoms with van der Waals surface area (Å²) in [4.78, 5) is 4.43. The Morgan fingerprint density at radius 1 is 1.35 bits per heavy atom. The van der Waals surface area contributed by atoms with E-state index in [0.29, 0.717) is 6.54 Å². The Labute approximate surface area is 123 Å². The summed E-state index contributed by atoms with van der Waals surface area (Å²) < 4.78 is 5.51. The van der Waals surface area contributed by atoms with E-state index in [9.17, 15) is 5.11 Å². The maximum Gasteiger partial charge on any atom is 0.119 e. The molecule has 2 N–H and O–H groups in total. The average molecular weight is 292 g/mol. The van der Waals surface area contributed by atoms with Crippen molar-refractivity contribution in [2.24, 2.45) is 0 Å².